The van der Waals surface area contributed by atoms with Gasteiger partial charge in [0.05, 0.1) is 5.69 Å². The van der Waals surface area contributed by atoms with Gasteiger partial charge in [-0.05, 0) is 31.9 Å². The van der Waals surface area contributed by atoms with Gasteiger partial charge in [-0.15, -0.1) is 0 Å². The standard InChI is InChI=1S/C16H21N3O/c1-12-9-14(17)7-8-19(12)10-15-11-20-16(18-15)13-5-3-2-4-6-13/h2-6,11-12,14H,7-10,17H2,1H3. The maximum Gasteiger partial charge on any atom is 0.226 e. The average Bonchev–Trinajstić information content (AvgIpc) is 2.92. The Morgan fingerprint density at radius 2 is 2.15 bits per heavy atom. The summed E-state index contributed by atoms with van der Waals surface area (Å²) in [6, 6.07) is 10.9. The number of hydrogen-bond donors (Lipinski definition) is 1. The van der Waals surface area contributed by atoms with Crippen LogP contribution >= 0.6 is 0 Å². The Hall–Kier alpha value is -1.65. The second kappa shape index (κ2) is 5.77. The van der Waals surface area contributed by atoms with Crippen LogP contribution in [0.25, 0.3) is 11.5 Å². The van der Waals surface area contributed by atoms with Crippen molar-refractivity contribution in [2.24, 2.45) is 5.73 Å². The number of nitrogens with zero attached hydrogens (tertiary/aromatic N) is 2. The van der Waals surface area contributed by atoms with E-state index < -0.39 is 0 Å². The lowest BCUT2D eigenvalue weighted by molar-refractivity contribution is 0.138. The van der Waals surface area contributed by atoms with Gasteiger partial charge in [-0.1, -0.05) is 18.2 Å². The van der Waals surface area contributed by atoms with E-state index in [1.54, 1.807) is 6.26 Å². The van der Waals surface area contributed by atoms with Gasteiger partial charge >= 0.3 is 0 Å². The molecule has 106 valence electrons. The third-order valence-corrected chi connectivity index (χ3v) is 3.99. The van der Waals surface area contributed by atoms with Crippen molar-refractivity contribution in [1.29, 1.82) is 0 Å². The zero-order valence-electron chi connectivity index (χ0n) is 11.8. The lowest BCUT2D eigenvalue weighted by Crippen LogP contribution is -2.45. The van der Waals surface area contributed by atoms with E-state index in [0.29, 0.717) is 18.0 Å². The van der Waals surface area contributed by atoms with Gasteiger partial charge in [0.1, 0.15) is 6.26 Å². The monoisotopic (exact) mass is 271 g/mol. The molecule has 0 amide bonds. The average molecular weight is 271 g/mol. The van der Waals surface area contributed by atoms with E-state index in [2.05, 4.69) is 16.8 Å². The van der Waals surface area contributed by atoms with E-state index in [1.165, 1.54) is 0 Å². The van der Waals surface area contributed by atoms with Crippen LogP contribution in [0.15, 0.2) is 41.0 Å². The SMILES string of the molecule is CC1CC(N)CCN1Cc1coc(-c2ccccc2)n1. The van der Waals surface area contributed by atoms with Crippen LogP contribution in [0.5, 0.6) is 0 Å². The molecule has 1 aliphatic rings. The third-order valence-electron chi connectivity index (χ3n) is 3.99. The van der Waals surface area contributed by atoms with Crippen LogP contribution in [0.3, 0.4) is 0 Å². The molecule has 1 aliphatic heterocycles. The molecule has 0 saturated carbocycles. The first-order valence-corrected chi connectivity index (χ1v) is 7.22. The zero-order chi connectivity index (χ0) is 13.9. The van der Waals surface area contributed by atoms with Crippen molar-refractivity contribution in [2.45, 2.75) is 38.4 Å². The molecule has 1 aromatic heterocycles. The van der Waals surface area contributed by atoms with Crippen LogP contribution in [-0.2, 0) is 6.54 Å². The van der Waals surface area contributed by atoms with Crippen molar-refractivity contribution >= 4 is 0 Å². The molecule has 4 nitrogen and oxygen atoms in total. The van der Waals surface area contributed by atoms with Gasteiger partial charge < -0.3 is 10.2 Å². The summed E-state index contributed by atoms with van der Waals surface area (Å²) >= 11 is 0. The topological polar surface area (TPSA) is 55.3 Å². The largest absolute Gasteiger partial charge is 0.444 e. The van der Waals surface area contributed by atoms with Crippen LogP contribution in [0.4, 0.5) is 0 Å². The smallest absolute Gasteiger partial charge is 0.226 e. The predicted octanol–water partition coefficient (Wildman–Crippen LogP) is 2.65. The van der Waals surface area contributed by atoms with Crippen LogP contribution in [0.1, 0.15) is 25.5 Å². The summed E-state index contributed by atoms with van der Waals surface area (Å²) in [5.74, 6) is 0.696. The first-order valence-electron chi connectivity index (χ1n) is 7.22. The first kappa shape index (κ1) is 13.3. The zero-order valence-corrected chi connectivity index (χ0v) is 11.8. The van der Waals surface area contributed by atoms with Gasteiger partial charge in [-0.3, -0.25) is 4.90 Å². The number of benzene rings is 1. The van der Waals surface area contributed by atoms with Crippen molar-refractivity contribution in [1.82, 2.24) is 9.88 Å². The molecule has 1 aromatic carbocycles. The lowest BCUT2D eigenvalue weighted by atomic mass is 9.99. The summed E-state index contributed by atoms with van der Waals surface area (Å²) in [5.41, 5.74) is 8.01. The molecule has 1 saturated heterocycles. The minimum absolute atomic E-state index is 0.346. The molecule has 2 atom stereocenters. The number of likely N-dealkylation sites (tertiary alicyclic amines) is 1. The normalized spacial score (nSPS) is 23.9. The van der Waals surface area contributed by atoms with Gasteiger partial charge in [0.25, 0.3) is 0 Å². The van der Waals surface area contributed by atoms with Gasteiger partial charge in [0.2, 0.25) is 5.89 Å². The molecule has 4 heteroatoms. The van der Waals surface area contributed by atoms with E-state index in [0.717, 1.165) is 37.2 Å². The molecule has 2 heterocycles. The molecular formula is C16H21N3O. The van der Waals surface area contributed by atoms with E-state index in [1.807, 2.05) is 30.3 Å². The number of nitrogens with two attached hydrogens (primary N) is 1. The van der Waals surface area contributed by atoms with Crippen molar-refractivity contribution < 1.29 is 4.42 Å². The van der Waals surface area contributed by atoms with Gasteiger partial charge in [-0.2, -0.15) is 0 Å². The molecule has 2 aromatic rings. The second-order valence-electron chi connectivity index (χ2n) is 5.61. The Labute approximate surface area is 119 Å². The lowest BCUT2D eigenvalue weighted by Gasteiger charge is -2.35. The molecule has 2 unspecified atom stereocenters. The highest BCUT2D eigenvalue weighted by Gasteiger charge is 2.23. The molecule has 2 N–H and O–H groups in total. The number of piperidine rings is 1. The molecule has 0 aliphatic carbocycles. The summed E-state index contributed by atoms with van der Waals surface area (Å²) in [5, 5.41) is 0. The molecule has 20 heavy (non-hydrogen) atoms. The fourth-order valence-electron chi connectivity index (χ4n) is 2.79. The number of oxazole rings is 1. The van der Waals surface area contributed by atoms with Crippen molar-refractivity contribution in [2.75, 3.05) is 6.54 Å². The molecule has 0 spiro atoms. The maximum atomic E-state index is 6.00. The Morgan fingerprint density at radius 1 is 1.35 bits per heavy atom. The van der Waals surface area contributed by atoms with Crippen molar-refractivity contribution in [3.05, 3.63) is 42.3 Å². The summed E-state index contributed by atoms with van der Waals surface area (Å²) < 4.78 is 5.59. The predicted molar refractivity (Wildman–Crippen MR) is 79.0 cm³/mol. The maximum absolute atomic E-state index is 6.00. The van der Waals surface area contributed by atoms with Crippen molar-refractivity contribution in [3.8, 4) is 11.5 Å². The summed E-state index contributed by atoms with van der Waals surface area (Å²) in [6.07, 6.45) is 3.89. The van der Waals surface area contributed by atoms with Gasteiger partial charge in [0, 0.05) is 30.7 Å². The first-order chi connectivity index (χ1) is 9.72. The second-order valence-corrected chi connectivity index (χ2v) is 5.61. The van der Waals surface area contributed by atoms with Crippen LogP contribution < -0.4 is 5.73 Å². The molecular weight excluding hydrogens is 250 g/mol. The van der Waals surface area contributed by atoms with E-state index in [-0.39, 0.29) is 0 Å². The molecule has 0 radical (unpaired) electrons. The molecule has 1 fully saturated rings. The van der Waals surface area contributed by atoms with Crippen molar-refractivity contribution in [3.63, 3.8) is 0 Å². The minimum atomic E-state index is 0.346. The minimum Gasteiger partial charge on any atom is -0.444 e. The summed E-state index contributed by atoms with van der Waals surface area (Å²) in [6.45, 7) is 4.11. The quantitative estimate of drug-likeness (QED) is 0.932. The molecule has 3 rings (SSSR count). The number of rotatable bonds is 3. The Morgan fingerprint density at radius 3 is 2.90 bits per heavy atom. The summed E-state index contributed by atoms with van der Waals surface area (Å²) in [7, 11) is 0. The Balaban J connectivity index is 1.69. The summed E-state index contributed by atoms with van der Waals surface area (Å²) in [4.78, 5) is 7.02. The third kappa shape index (κ3) is 2.92. The Bertz CT molecular complexity index is 552. The van der Waals surface area contributed by atoms with Crippen LogP contribution in [0, 0.1) is 0 Å². The van der Waals surface area contributed by atoms with Gasteiger partial charge in [0.15, 0.2) is 0 Å². The highest BCUT2D eigenvalue weighted by atomic mass is 16.3. The van der Waals surface area contributed by atoms with E-state index in [9.17, 15) is 0 Å². The van der Waals surface area contributed by atoms with Gasteiger partial charge in [-0.25, -0.2) is 4.98 Å². The van der Waals surface area contributed by atoms with Crippen LogP contribution in [-0.4, -0.2) is 28.5 Å². The fourth-order valence-corrected chi connectivity index (χ4v) is 2.79. The van der Waals surface area contributed by atoms with Crippen LogP contribution in [0.2, 0.25) is 0 Å². The van der Waals surface area contributed by atoms with E-state index >= 15 is 0 Å². The fraction of sp³-hybridized carbons (Fsp3) is 0.438. The highest BCUT2D eigenvalue weighted by molar-refractivity contribution is 5.52. The number of hydrogen-bond acceptors (Lipinski definition) is 4. The van der Waals surface area contributed by atoms with E-state index in [4.69, 9.17) is 10.2 Å². The molecule has 0 bridgehead atoms. The Kier molecular flexibility index (Phi) is 3.85. The highest BCUT2D eigenvalue weighted by Crippen LogP contribution is 2.21. The number of aromatic nitrogens is 1.